The van der Waals surface area contributed by atoms with E-state index in [1.54, 1.807) is 26.0 Å². The van der Waals surface area contributed by atoms with Crippen LogP contribution in [-0.4, -0.2) is 24.8 Å². The Morgan fingerprint density at radius 2 is 2.05 bits per heavy atom. The number of phenols is 1. The second-order valence-electron chi connectivity index (χ2n) is 4.85. The number of esters is 1. The van der Waals surface area contributed by atoms with E-state index < -0.39 is 11.5 Å². The zero-order valence-electron chi connectivity index (χ0n) is 12.2. The highest BCUT2D eigenvalue weighted by molar-refractivity contribution is 5.85. The fourth-order valence-corrected chi connectivity index (χ4v) is 1.80. The van der Waals surface area contributed by atoms with Crippen molar-refractivity contribution in [3.63, 3.8) is 0 Å². The normalized spacial score (nSPS) is 12.2. The van der Waals surface area contributed by atoms with Crippen molar-refractivity contribution < 1.29 is 19.4 Å². The first kappa shape index (κ1) is 18.5. The number of carbonyl (C=O) groups is 1. The van der Waals surface area contributed by atoms with Gasteiger partial charge in [0.25, 0.3) is 0 Å². The summed E-state index contributed by atoms with van der Waals surface area (Å²) in [4.78, 5) is 11.7. The molecule has 0 aliphatic carbocycles. The standard InChI is InChI=1S/C14H21NO4.ClH/c1-5-19-11-8-9(6-7-10(11)16)12(15)14(2,3)13(17)18-4;/h6-8,12,16H,5,15H2,1-4H3;1H/t12-;/m1./s1. The van der Waals surface area contributed by atoms with Gasteiger partial charge in [0.1, 0.15) is 0 Å². The van der Waals surface area contributed by atoms with Gasteiger partial charge in [-0.05, 0) is 38.5 Å². The average Bonchev–Trinajstić information content (AvgIpc) is 2.39. The molecule has 0 saturated carbocycles. The van der Waals surface area contributed by atoms with Crippen LogP contribution in [0.15, 0.2) is 18.2 Å². The molecule has 1 rings (SSSR count). The van der Waals surface area contributed by atoms with Gasteiger partial charge in [0.2, 0.25) is 0 Å². The smallest absolute Gasteiger partial charge is 0.313 e. The number of rotatable bonds is 5. The molecule has 5 nitrogen and oxygen atoms in total. The van der Waals surface area contributed by atoms with Gasteiger partial charge in [-0.25, -0.2) is 0 Å². The second kappa shape index (κ2) is 7.36. The van der Waals surface area contributed by atoms with Crippen molar-refractivity contribution in [3.05, 3.63) is 23.8 Å². The molecule has 0 heterocycles. The summed E-state index contributed by atoms with van der Waals surface area (Å²) in [6.07, 6.45) is 0. The van der Waals surface area contributed by atoms with Gasteiger partial charge >= 0.3 is 5.97 Å². The summed E-state index contributed by atoms with van der Waals surface area (Å²) >= 11 is 0. The van der Waals surface area contributed by atoms with Gasteiger partial charge in [-0.15, -0.1) is 12.4 Å². The number of phenolic OH excluding ortho intramolecular Hbond substituents is 1. The van der Waals surface area contributed by atoms with E-state index in [4.69, 9.17) is 15.2 Å². The first-order chi connectivity index (χ1) is 8.84. The van der Waals surface area contributed by atoms with Crippen LogP contribution in [0.25, 0.3) is 0 Å². The molecule has 0 unspecified atom stereocenters. The van der Waals surface area contributed by atoms with E-state index >= 15 is 0 Å². The predicted octanol–water partition coefficient (Wildman–Crippen LogP) is 2.41. The van der Waals surface area contributed by atoms with Crippen LogP contribution in [0, 0.1) is 5.41 Å². The summed E-state index contributed by atoms with van der Waals surface area (Å²) < 4.78 is 10.1. The quantitative estimate of drug-likeness (QED) is 0.816. The molecule has 1 aromatic rings. The molecule has 0 fully saturated rings. The van der Waals surface area contributed by atoms with E-state index in [2.05, 4.69) is 0 Å². The molecule has 0 aliphatic heterocycles. The van der Waals surface area contributed by atoms with Crippen LogP contribution in [0.2, 0.25) is 0 Å². The Labute approximate surface area is 125 Å². The molecule has 1 aromatic carbocycles. The largest absolute Gasteiger partial charge is 0.504 e. The SMILES string of the molecule is CCOc1cc([C@@H](N)C(C)(C)C(=O)OC)ccc1O.Cl. The van der Waals surface area contributed by atoms with Crippen molar-refractivity contribution in [2.75, 3.05) is 13.7 Å². The highest BCUT2D eigenvalue weighted by atomic mass is 35.5. The van der Waals surface area contributed by atoms with Crippen molar-refractivity contribution in [1.29, 1.82) is 0 Å². The van der Waals surface area contributed by atoms with Gasteiger partial charge in [-0.1, -0.05) is 6.07 Å². The lowest BCUT2D eigenvalue weighted by atomic mass is 9.81. The van der Waals surface area contributed by atoms with Crippen molar-refractivity contribution in [3.8, 4) is 11.5 Å². The number of benzene rings is 1. The average molecular weight is 304 g/mol. The van der Waals surface area contributed by atoms with Crippen LogP contribution in [0.4, 0.5) is 0 Å². The number of hydrogen-bond donors (Lipinski definition) is 2. The summed E-state index contributed by atoms with van der Waals surface area (Å²) in [5, 5.41) is 9.65. The molecule has 0 aromatic heterocycles. The van der Waals surface area contributed by atoms with E-state index in [0.29, 0.717) is 17.9 Å². The summed E-state index contributed by atoms with van der Waals surface area (Å²) in [6.45, 7) is 5.70. The molecule has 3 N–H and O–H groups in total. The van der Waals surface area contributed by atoms with Crippen LogP contribution < -0.4 is 10.5 Å². The number of aromatic hydroxyl groups is 1. The summed E-state index contributed by atoms with van der Waals surface area (Å²) in [5.74, 6) is 0.0239. The summed E-state index contributed by atoms with van der Waals surface area (Å²) in [6, 6.07) is 4.27. The fraction of sp³-hybridized carbons (Fsp3) is 0.500. The maximum atomic E-state index is 11.7. The van der Waals surface area contributed by atoms with E-state index in [1.807, 2.05) is 6.92 Å². The maximum Gasteiger partial charge on any atom is 0.313 e. The Hall–Kier alpha value is -1.46. The second-order valence-corrected chi connectivity index (χ2v) is 4.85. The first-order valence-electron chi connectivity index (χ1n) is 6.14. The lowest BCUT2D eigenvalue weighted by molar-refractivity contribution is -0.152. The number of nitrogens with two attached hydrogens (primary N) is 1. The van der Waals surface area contributed by atoms with Crippen LogP contribution in [-0.2, 0) is 9.53 Å². The van der Waals surface area contributed by atoms with E-state index in [9.17, 15) is 9.90 Å². The summed E-state index contributed by atoms with van der Waals surface area (Å²) in [5.41, 5.74) is 5.97. The van der Waals surface area contributed by atoms with Crippen molar-refractivity contribution in [2.45, 2.75) is 26.8 Å². The molecule has 114 valence electrons. The molecule has 0 saturated heterocycles. The molecule has 0 radical (unpaired) electrons. The van der Waals surface area contributed by atoms with Crippen molar-refractivity contribution in [1.82, 2.24) is 0 Å². The molecule has 1 atom stereocenters. The zero-order chi connectivity index (χ0) is 14.6. The Morgan fingerprint density at radius 3 is 2.55 bits per heavy atom. The highest BCUT2D eigenvalue weighted by Crippen LogP contribution is 2.36. The van der Waals surface area contributed by atoms with Gasteiger partial charge in [-0.2, -0.15) is 0 Å². The minimum absolute atomic E-state index is 0. The lowest BCUT2D eigenvalue weighted by Gasteiger charge is -2.29. The molecule has 0 aliphatic rings. The van der Waals surface area contributed by atoms with Crippen LogP contribution in [0.3, 0.4) is 0 Å². The van der Waals surface area contributed by atoms with E-state index in [-0.39, 0.29) is 24.1 Å². The molecule has 0 amide bonds. The molecule has 0 spiro atoms. The molecule has 6 heteroatoms. The van der Waals surface area contributed by atoms with Crippen molar-refractivity contribution >= 4 is 18.4 Å². The van der Waals surface area contributed by atoms with Crippen LogP contribution in [0.5, 0.6) is 11.5 Å². The monoisotopic (exact) mass is 303 g/mol. The third-order valence-corrected chi connectivity index (χ3v) is 3.13. The van der Waals surface area contributed by atoms with Gasteiger partial charge in [0.05, 0.1) is 19.1 Å². The minimum atomic E-state index is -0.866. The zero-order valence-corrected chi connectivity index (χ0v) is 13.0. The van der Waals surface area contributed by atoms with Gasteiger partial charge in [-0.3, -0.25) is 4.79 Å². The third-order valence-electron chi connectivity index (χ3n) is 3.13. The van der Waals surface area contributed by atoms with Gasteiger partial charge in [0, 0.05) is 6.04 Å². The maximum absolute atomic E-state index is 11.7. The molecular weight excluding hydrogens is 282 g/mol. The van der Waals surface area contributed by atoms with Crippen LogP contribution in [0.1, 0.15) is 32.4 Å². The third kappa shape index (κ3) is 3.77. The summed E-state index contributed by atoms with van der Waals surface area (Å²) in [7, 11) is 1.33. The topological polar surface area (TPSA) is 81.8 Å². The number of hydrogen-bond acceptors (Lipinski definition) is 5. The van der Waals surface area contributed by atoms with E-state index in [0.717, 1.165) is 0 Å². The number of ether oxygens (including phenoxy) is 2. The molecular formula is C14H22ClNO4. The Balaban J connectivity index is 0.00000361. The Bertz CT molecular complexity index is 462. The van der Waals surface area contributed by atoms with Gasteiger partial charge in [0.15, 0.2) is 11.5 Å². The lowest BCUT2D eigenvalue weighted by Crippen LogP contribution is -2.37. The van der Waals surface area contributed by atoms with Crippen LogP contribution >= 0.6 is 12.4 Å². The Kier molecular flexibility index (Phi) is 6.82. The number of methoxy groups -OCH3 is 1. The number of carbonyl (C=O) groups excluding carboxylic acids is 1. The number of halogens is 1. The predicted molar refractivity (Wildman–Crippen MR) is 79.2 cm³/mol. The Morgan fingerprint density at radius 1 is 1.45 bits per heavy atom. The van der Waals surface area contributed by atoms with E-state index in [1.165, 1.54) is 13.2 Å². The van der Waals surface area contributed by atoms with Crippen molar-refractivity contribution in [2.24, 2.45) is 11.1 Å². The first-order valence-corrected chi connectivity index (χ1v) is 6.14. The fourth-order valence-electron chi connectivity index (χ4n) is 1.80. The van der Waals surface area contributed by atoms with Gasteiger partial charge < -0.3 is 20.3 Å². The molecule has 20 heavy (non-hydrogen) atoms. The highest BCUT2D eigenvalue weighted by Gasteiger charge is 2.36. The molecule has 0 bridgehead atoms. The minimum Gasteiger partial charge on any atom is -0.504 e.